The molecule has 4 rings (SSSR count). The SMILES string of the molecule is Cn1cnnc1SCc1cc(F)cc2c1O[C@@H](c1ccccc1)OC2. The van der Waals surface area contributed by atoms with Crippen molar-refractivity contribution in [1.82, 2.24) is 14.8 Å². The number of halogens is 1. The van der Waals surface area contributed by atoms with E-state index in [1.165, 1.54) is 23.9 Å². The minimum atomic E-state index is -0.488. The lowest BCUT2D eigenvalue weighted by molar-refractivity contribution is -0.112. The Morgan fingerprint density at radius 3 is 2.88 bits per heavy atom. The highest BCUT2D eigenvalue weighted by Gasteiger charge is 2.25. The number of hydrogen-bond donors (Lipinski definition) is 0. The van der Waals surface area contributed by atoms with E-state index < -0.39 is 6.29 Å². The average molecular weight is 357 g/mol. The fraction of sp³-hybridized carbons (Fsp3) is 0.222. The highest BCUT2D eigenvalue weighted by Crippen LogP contribution is 2.38. The lowest BCUT2D eigenvalue weighted by Gasteiger charge is -2.28. The molecule has 0 radical (unpaired) electrons. The molecule has 0 unspecified atom stereocenters. The van der Waals surface area contributed by atoms with Crippen molar-refractivity contribution in [2.75, 3.05) is 0 Å². The molecule has 0 bridgehead atoms. The van der Waals surface area contributed by atoms with E-state index in [4.69, 9.17) is 9.47 Å². The highest BCUT2D eigenvalue weighted by molar-refractivity contribution is 7.98. The third kappa shape index (κ3) is 3.38. The van der Waals surface area contributed by atoms with E-state index in [1.54, 1.807) is 6.33 Å². The van der Waals surface area contributed by atoms with E-state index in [-0.39, 0.29) is 5.82 Å². The van der Waals surface area contributed by atoms with Crippen LogP contribution < -0.4 is 4.74 Å². The molecule has 1 aliphatic heterocycles. The fourth-order valence-electron chi connectivity index (χ4n) is 2.70. The summed E-state index contributed by atoms with van der Waals surface area (Å²) in [5.41, 5.74) is 2.44. The van der Waals surface area contributed by atoms with Crippen molar-refractivity contribution in [3.05, 3.63) is 71.3 Å². The number of fused-ring (bicyclic) bond motifs is 1. The summed E-state index contributed by atoms with van der Waals surface area (Å²) in [5, 5.41) is 8.67. The number of aryl methyl sites for hydroxylation is 1. The monoisotopic (exact) mass is 357 g/mol. The molecule has 3 aromatic rings. The van der Waals surface area contributed by atoms with Gasteiger partial charge in [0.25, 0.3) is 0 Å². The molecule has 0 spiro atoms. The van der Waals surface area contributed by atoms with Crippen molar-refractivity contribution < 1.29 is 13.9 Å². The van der Waals surface area contributed by atoms with Gasteiger partial charge in [-0.05, 0) is 12.1 Å². The van der Waals surface area contributed by atoms with E-state index >= 15 is 0 Å². The van der Waals surface area contributed by atoms with Gasteiger partial charge in [0.1, 0.15) is 17.9 Å². The summed E-state index contributed by atoms with van der Waals surface area (Å²) in [6, 6.07) is 12.7. The fourth-order valence-corrected chi connectivity index (χ4v) is 3.56. The Morgan fingerprint density at radius 2 is 2.12 bits per heavy atom. The molecule has 0 fully saturated rings. The van der Waals surface area contributed by atoms with E-state index in [1.807, 2.05) is 41.9 Å². The van der Waals surface area contributed by atoms with Gasteiger partial charge in [0, 0.05) is 29.5 Å². The van der Waals surface area contributed by atoms with Gasteiger partial charge in [0.05, 0.1) is 6.61 Å². The topological polar surface area (TPSA) is 49.2 Å². The third-order valence-electron chi connectivity index (χ3n) is 3.92. The maximum Gasteiger partial charge on any atom is 0.227 e. The Balaban J connectivity index is 1.60. The second-order valence-corrected chi connectivity index (χ2v) is 6.68. The molecule has 1 atom stereocenters. The van der Waals surface area contributed by atoms with Crippen molar-refractivity contribution in [3.8, 4) is 5.75 Å². The molecule has 2 heterocycles. The summed E-state index contributed by atoms with van der Waals surface area (Å²) in [4.78, 5) is 0. The van der Waals surface area contributed by atoms with E-state index in [0.29, 0.717) is 18.1 Å². The number of ether oxygens (including phenoxy) is 2. The quantitative estimate of drug-likeness (QED) is 0.664. The van der Waals surface area contributed by atoms with Crippen LogP contribution >= 0.6 is 11.8 Å². The summed E-state index contributed by atoms with van der Waals surface area (Å²) >= 11 is 1.49. The van der Waals surface area contributed by atoms with Crippen LogP contribution in [0.1, 0.15) is 23.0 Å². The second-order valence-electron chi connectivity index (χ2n) is 5.74. The number of aromatic nitrogens is 3. The van der Waals surface area contributed by atoms with E-state index in [9.17, 15) is 4.39 Å². The van der Waals surface area contributed by atoms with Crippen molar-refractivity contribution in [2.45, 2.75) is 23.8 Å². The Labute approximate surface area is 148 Å². The van der Waals surface area contributed by atoms with Crippen LogP contribution in [-0.2, 0) is 24.1 Å². The van der Waals surface area contributed by atoms with Crippen LogP contribution in [0.4, 0.5) is 4.39 Å². The zero-order valence-electron chi connectivity index (χ0n) is 13.6. The number of benzene rings is 2. The van der Waals surface area contributed by atoms with Crippen LogP contribution in [0.15, 0.2) is 53.9 Å². The molecule has 128 valence electrons. The second kappa shape index (κ2) is 6.85. The molecule has 5 nitrogen and oxygen atoms in total. The molecule has 7 heteroatoms. The highest BCUT2D eigenvalue weighted by atomic mass is 32.2. The first-order valence-corrected chi connectivity index (χ1v) is 8.80. The van der Waals surface area contributed by atoms with Gasteiger partial charge in [-0.15, -0.1) is 10.2 Å². The van der Waals surface area contributed by atoms with Gasteiger partial charge < -0.3 is 14.0 Å². The van der Waals surface area contributed by atoms with Crippen LogP contribution in [0.2, 0.25) is 0 Å². The summed E-state index contributed by atoms with van der Waals surface area (Å²) < 4.78 is 27.6. The number of rotatable bonds is 4. The van der Waals surface area contributed by atoms with Crippen LogP contribution in [-0.4, -0.2) is 14.8 Å². The lowest BCUT2D eigenvalue weighted by atomic mass is 10.1. The predicted octanol–water partition coefficient (Wildman–Crippen LogP) is 3.85. The summed E-state index contributed by atoms with van der Waals surface area (Å²) in [6.45, 7) is 0.314. The Hall–Kier alpha value is -2.38. The maximum absolute atomic E-state index is 14.0. The average Bonchev–Trinajstić information content (AvgIpc) is 3.05. The van der Waals surface area contributed by atoms with Gasteiger partial charge in [-0.3, -0.25) is 0 Å². The van der Waals surface area contributed by atoms with Crippen molar-refractivity contribution >= 4 is 11.8 Å². The number of thioether (sulfide) groups is 1. The number of hydrogen-bond acceptors (Lipinski definition) is 5. The van der Waals surface area contributed by atoms with Crippen molar-refractivity contribution in [1.29, 1.82) is 0 Å². The van der Waals surface area contributed by atoms with E-state index in [0.717, 1.165) is 21.8 Å². The van der Waals surface area contributed by atoms with Gasteiger partial charge in [-0.1, -0.05) is 42.1 Å². The largest absolute Gasteiger partial charge is 0.460 e. The van der Waals surface area contributed by atoms with Gasteiger partial charge >= 0.3 is 0 Å². The van der Waals surface area contributed by atoms with Gasteiger partial charge in [-0.25, -0.2) is 4.39 Å². The summed E-state index contributed by atoms with van der Waals surface area (Å²) in [5.74, 6) is 0.933. The Kier molecular flexibility index (Phi) is 4.42. The Bertz CT molecular complexity index is 885. The van der Waals surface area contributed by atoms with Crippen molar-refractivity contribution in [2.24, 2.45) is 7.05 Å². The van der Waals surface area contributed by atoms with Crippen LogP contribution in [0.3, 0.4) is 0 Å². The molecule has 1 aromatic heterocycles. The standard InChI is InChI=1S/C18H16FN3O2S/c1-22-11-20-21-18(22)25-10-14-8-15(19)7-13-9-23-17(24-16(13)14)12-5-3-2-4-6-12/h2-8,11,17H,9-10H2,1H3/t17-/m0/s1. The molecule has 1 aliphatic rings. The van der Waals surface area contributed by atoms with Gasteiger partial charge in [0.15, 0.2) is 5.16 Å². The molecular formula is C18H16FN3O2S. The van der Waals surface area contributed by atoms with Gasteiger partial charge in [-0.2, -0.15) is 0 Å². The van der Waals surface area contributed by atoms with Crippen LogP contribution in [0, 0.1) is 5.82 Å². The van der Waals surface area contributed by atoms with Crippen LogP contribution in [0.5, 0.6) is 5.75 Å². The maximum atomic E-state index is 14.0. The molecular weight excluding hydrogens is 341 g/mol. The van der Waals surface area contributed by atoms with Crippen molar-refractivity contribution in [3.63, 3.8) is 0 Å². The first-order chi connectivity index (χ1) is 12.2. The lowest BCUT2D eigenvalue weighted by Crippen LogP contribution is -2.19. The normalized spacial score (nSPS) is 16.3. The van der Waals surface area contributed by atoms with E-state index in [2.05, 4.69) is 10.2 Å². The van der Waals surface area contributed by atoms with Crippen LogP contribution in [0.25, 0.3) is 0 Å². The Morgan fingerprint density at radius 1 is 1.28 bits per heavy atom. The molecule has 0 amide bonds. The molecule has 25 heavy (non-hydrogen) atoms. The zero-order valence-corrected chi connectivity index (χ0v) is 14.4. The third-order valence-corrected chi connectivity index (χ3v) is 5.00. The molecule has 0 saturated carbocycles. The molecule has 0 aliphatic carbocycles. The molecule has 0 saturated heterocycles. The zero-order chi connectivity index (χ0) is 17.2. The predicted molar refractivity (Wildman–Crippen MR) is 91.6 cm³/mol. The van der Waals surface area contributed by atoms with Gasteiger partial charge in [0.2, 0.25) is 6.29 Å². The minimum absolute atomic E-state index is 0.294. The summed E-state index contributed by atoms with van der Waals surface area (Å²) in [6.07, 6.45) is 1.15. The smallest absolute Gasteiger partial charge is 0.227 e. The molecule has 0 N–H and O–H groups in total. The minimum Gasteiger partial charge on any atom is -0.460 e. The first-order valence-electron chi connectivity index (χ1n) is 7.82. The number of nitrogens with zero attached hydrogens (tertiary/aromatic N) is 3. The first kappa shape index (κ1) is 16.1. The summed E-state index contributed by atoms with van der Waals surface area (Å²) in [7, 11) is 1.87. The molecule has 2 aromatic carbocycles.